The van der Waals surface area contributed by atoms with Crippen molar-refractivity contribution >= 4 is 11.8 Å². The summed E-state index contributed by atoms with van der Waals surface area (Å²) < 4.78 is 0. The van der Waals surface area contributed by atoms with Crippen LogP contribution in [0.15, 0.2) is 0 Å². The number of amides is 2. The number of carbonyl (C=O) groups is 2. The van der Waals surface area contributed by atoms with Crippen LogP contribution in [0.1, 0.15) is 25.7 Å². The van der Waals surface area contributed by atoms with Crippen LogP contribution in [0.2, 0.25) is 0 Å². The molecule has 1 saturated heterocycles. The minimum atomic E-state index is 0.0855. The second-order valence-corrected chi connectivity index (χ2v) is 6.43. The van der Waals surface area contributed by atoms with Crippen LogP contribution < -0.4 is 10.6 Å². The topological polar surface area (TPSA) is 64.7 Å². The minimum Gasteiger partial charge on any atom is -0.358 e. The minimum absolute atomic E-state index is 0.0855. The van der Waals surface area contributed by atoms with Gasteiger partial charge in [0.2, 0.25) is 11.8 Å². The van der Waals surface area contributed by atoms with E-state index in [-0.39, 0.29) is 11.8 Å². The molecule has 0 bridgehead atoms. The number of piperidine rings is 1. The molecule has 6 nitrogen and oxygen atoms in total. The van der Waals surface area contributed by atoms with Gasteiger partial charge in [-0.1, -0.05) is 0 Å². The summed E-state index contributed by atoms with van der Waals surface area (Å²) >= 11 is 0. The molecule has 1 aliphatic carbocycles. The van der Waals surface area contributed by atoms with Crippen LogP contribution in [0.3, 0.4) is 0 Å². The van der Waals surface area contributed by atoms with E-state index >= 15 is 0 Å². The summed E-state index contributed by atoms with van der Waals surface area (Å²) in [6, 6.07) is 0.443. The molecule has 0 aromatic rings. The highest BCUT2D eigenvalue weighted by Gasteiger charge is 2.25. The van der Waals surface area contributed by atoms with E-state index in [9.17, 15) is 9.59 Å². The molecule has 0 spiro atoms. The Morgan fingerprint density at radius 1 is 1.14 bits per heavy atom. The lowest BCUT2D eigenvalue weighted by Gasteiger charge is -2.33. The van der Waals surface area contributed by atoms with Gasteiger partial charge >= 0.3 is 0 Å². The van der Waals surface area contributed by atoms with Crippen molar-refractivity contribution in [2.75, 3.05) is 46.8 Å². The maximum atomic E-state index is 11.7. The lowest BCUT2D eigenvalue weighted by Crippen LogP contribution is -2.43. The standard InChI is InChI=1S/C15H28N4O2/c1-16-14(20)11-19-7-5-12(6-8-19)9-18(2)10-15(21)17-13-3-4-13/h12-13H,3-11H2,1-2H3,(H,16,20)(H,17,21). The van der Waals surface area contributed by atoms with Gasteiger partial charge in [0.05, 0.1) is 13.1 Å². The Bertz CT molecular complexity index is 363. The molecule has 0 unspecified atom stereocenters. The zero-order valence-corrected chi connectivity index (χ0v) is 13.2. The van der Waals surface area contributed by atoms with Crippen molar-refractivity contribution in [1.29, 1.82) is 0 Å². The summed E-state index contributed by atoms with van der Waals surface area (Å²) in [6.45, 7) is 3.91. The van der Waals surface area contributed by atoms with Gasteiger partial charge in [0.15, 0.2) is 0 Å². The van der Waals surface area contributed by atoms with Crippen molar-refractivity contribution in [3.8, 4) is 0 Å². The molecule has 2 aliphatic rings. The third kappa shape index (κ3) is 6.01. The smallest absolute Gasteiger partial charge is 0.234 e. The highest BCUT2D eigenvalue weighted by atomic mass is 16.2. The van der Waals surface area contributed by atoms with E-state index < -0.39 is 0 Å². The summed E-state index contributed by atoms with van der Waals surface area (Å²) in [6.07, 6.45) is 4.48. The Balaban J connectivity index is 1.60. The van der Waals surface area contributed by atoms with Gasteiger partial charge in [0, 0.05) is 19.6 Å². The number of likely N-dealkylation sites (tertiary alicyclic amines) is 1. The molecule has 1 saturated carbocycles. The second kappa shape index (κ2) is 7.75. The van der Waals surface area contributed by atoms with Crippen LogP contribution in [0, 0.1) is 5.92 Å². The first-order valence-corrected chi connectivity index (χ1v) is 7.97. The van der Waals surface area contributed by atoms with Gasteiger partial charge in [-0.15, -0.1) is 0 Å². The van der Waals surface area contributed by atoms with E-state index in [1.54, 1.807) is 7.05 Å². The maximum Gasteiger partial charge on any atom is 0.234 e. The average molecular weight is 296 g/mol. The van der Waals surface area contributed by atoms with Crippen LogP contribution in [0.25, 0.3) is 0 Å². The highest BCUT2D eigenvalue weighted by molar-refractivity contribution is 5.78. The number of carbonyl (C=O) groups excluding carboxylic acids is 2. The summed E-state index contributed by atoms with van der Waals surface area (Å²) in [5.41, 5.74) is 0. The molecule has 2 amide bonds. The molecule has 2 fully saturated rings. The van der Waals surface area contributed by atoms with E-state index in [2.05, 4.69) is 20.4 Å². The third-order valence-electron chi connectivity index (χ3n) is 4.28. The number of nitrogens with one attached hydrogen (secondary N) is 2. The lowest BCUT2D eigenvalue weighted by molar-refractivity contribution is -0.123. The molecule has 0 radical (unpaired) electrons. The normalized spacial score (nSPS) is 20.5. The van der Waals surface area contributed by atoms with E-state index in [4.69, 9.17) is 0 Å². The Morgan fingerprint density at radius 3 is 2.38 bits per heavy atom. The zero-order valence-electron chi connectivity index (χ0n) is 13.2. The summed E-state index contributed by atoms with van der Waals surface area (Å²) in [4.78, 5) is 27.4. The Morgan fingerprint density at radius 2 is 1.81 bits per heavy atom. The molecular formula is C15H28N4O2. The molecule has 2 rings (SSSR count). The van der Waals surface area contributed by atoms with Gasteiger partial charge in [-0.05, 0) is 51.7 Å². The number of likely N-dealkylation sites (N-methyl/N-ethyl adjacent to an activating group) is 2. The fourth-order valence-electron chi connectivity index (χ4n) is 2.86. The molecule has 0 aromatic carbocycles. The predicted molar refractivity (Wildman–Crippen MR) is 81.9 cm³/mol. The first-order chi connectivity index (χ1) is 10.1. The average Bonchev–Trinajstić information content (AvgIpc) is 3.24. The largest absolute Gasteiger partial charge is 0.358 e. The zero-order chi connectivity index (χ0) is 15.2. The van der Waals surface area contributed by atoms with Crippen molar-refractivity contribution in [3.05, 3.63) is 0 Å². The Kier molecular flexibility index (Phi) is 5.99. The monoisotopic (exact) mass is 296 g/mol. The summed E-state index contributed by atoms with van der Waals surface area (Å²) in [7, 11) is 3.69. The summed E-state index contributed by atoms with van der Waals surface area (Å²) in [5.74, 6) is 0.865. The van der Waals surface area contributed by atoms with Crippen molar-refractivity contribution in [3.63, 3.8) is 0 Å². The fraction of sp³-hybridized carbons (Fsp3) is 0.867. The van der Waals surface area contributed by atoms with Crippen LogP contribution in [-0.4, -0.2) is 74.5 Å². The van der Waals surface area contributed by atoms with E-state index in [0.717, 1.165) is 45.3 Å². The number of hydrogen-bond acceptors (Lipinski definition) is 4. The summed E-state index contributed by atoms with van der Waals surface area (Å²) in [5, 5.41) is 5.69. The fourth-order valence-corrected chi connectivity index (χ4v) is 2.86. The van der Waals surface area contributed by atoms with Gasteiger partial charge in [0.1, 0.15) is 0 Å². The van der Waals surface area contributed by atoms with Crippen molar-refractivity contribution in [2.24, 2.45) is 5.92 Å². The highest BCUT2D eigenvalue weighted by Crippen LogP contribution is 2.19. The first-order valence-electron chi connectivity index (χ1n) is 7.97. The van der Waals surface area contributed by atoms with Crippen LogP contribution in [0.5, 0.6) is 0 Å². The lowest BCUT2D eigenvalue weighted by atomic mass is 9.96. The van der Waals surface area contributed by atoms with E-state index in [0.29, 0.717) is 25.0 Å². The molecule has 1 aliphatic heterocycles. The molecule has 6 heteroatoms. The SMILES string of the molecule is CNC(=O)CN1CCC(CN(C)CC(=O)NC2CC2)CC1. The second-order valence-electron chi connectivity index (χ2n) is 6.43. The number of hydrogen-bond donors (Lipinski definition) is 2. The van der Waals surface area contributed by atoms with Crippen LogP contribution in [-0.2, 0) is 9.59 Å². The maximum absolute atomic E-state index is 11.7. The molecule has 120 valence electrons. The van der Waals surface area contributed by atoms with E-state index in [1.165, 1.54) is 0 Å². The first kappa shape index (κ1) is 16.2. The van der Waals surface area contributed by atoms with Crippen molar-refractivity contribution in [2.45, 2.75) is 31.7 Å². The van der Waals surface area contributed by atoms with Gasteiger partial charge < -0.3 is 10.6 Å². The number of rotatable bonds is 7. The van der Waals surface area contributed by atoms with Crippen LogP contribution >= 0.6 is 0 Å². The molecular weight excluding hydrogens is 268 g/mol. The van der Waals surface area contributed by atoms with Gasteiger partial charge in [0.25, 0.3) is 0 Å². The molecule has 2 N–H and O–H groups in total. The number of nitrogens with zero attached hydrogens (tertiary/aromatic N) is 2. The molecule has 21 heavy (non-hydrogen) atoms. The van der Waals surface area contributed by atoms with Gasteiger partial charge in [-0.2, -0.15) is 0 Å². The Labute approximate surface area is 127 Å². The quantitative estimate of drug-likeness (QED) is 0.674. The Hall–Kier alpha value is -1.14. The molecule has 1 heterocycles. The van der Waals surface area contributed by atoms with Gasteiger partial charge in [-0.3, -0.25) is 19.4 Å². The van der Waals surface area contributed by atoms with Crippen molar-refractivity contribution < 1.29 is 9.59 Å². The third-order valence-corrected chi connectivity index (χ3v) is 4.28. The van der Waals surface area contributed by atoms with Crippen molar-refractivity contribution in [1.82, 2.24) is 20.4 Å². The van der Waals surface area contributed by atoms with Gasteiger partial charge in [-0.25, -0.2) is 0 Å². The van der Waals surface area contributed by atoms with E-state index in [1.807, 2.05) is 7.05 Å². The van der Waals surface area contributed by atoms with Crippen LogP contribution in [0.4, 0.5) is 0 Å². The molecule has 0 atom stereocenters. The predicted octanol–water partition coefficient (Wildman–Crippen LogP) is -0.345. The molecule has 0 aromatic heterocycles.